The normalized spacial score (nSPS) is 14.1. The Bertz CT molecular complexity index is 959. The van der Waals surface area contributed by atoms with Crippen LogP contribution in [-0.2, 0) is 6.61 Å². The van der Waals surface area contributed by atoms with Gasteiger partial charge in [0.15, 0.2) is 12.4 Å². The predicted molar refractivity (Wildman–Crippen MR) is 108 cm³/mol. The lowest BCUT2D eigenvalue weighted by molar-refractivity contribution is -0.377. The SMILES string of the molecule is Cc1noc(C)c1COc1cccc(C(=O)N2CCN(c3cc[nH+]cc3)CC2)c1. The molecule has 150 valence electrons. The van der Waals surface area contributed by atoms with Crippen molar-refractivity contribution in [3.05, 3.63) is 71.4 Å². The Kier molecular flexibility index (Phi) is 5.46. The number of nitrogens with zero attached hydrogens (tertiary/aromatic N) is 3. The summed E-state index contributed by atoms with van der Waals surface area (Å²) in [7, 11) is 0. The highest BCUT2D eigenvalue weighted by Crippen LogP contribution is 2.20. The molecule has 0 saturated carbocycles. The number of aryl methyl sites for hydroxylation is 2. The minimum absolute atomic E-state index is 0.0360. The van der Waals surface area contributed by atoms with Crippen LogP contribution in [0.2, 0.25) is 0 Å². The van der Waals surface area contributed by atoms with Gasteiger partial charge in [-0.05, 0) is 32.0 Å². The number of ether oxygens (including phenoxy) is 1. The fourth-order valence-electron chi connectivity index (χ4n) is 3.52. The number of carbonyl (C=O) groups is 1. The minimum Gasteiger partial charge on any atom is -0.489 e. The van der Waals surface area contributed by atoms with Crippen LogP contribution < -0.4 is 14.6 Å². The van der Waals surface area contributed by atoms with E-state index in [1.807, 2.05) is 49.3 Å². The molecule has 7 heteroatoms. The van der Waals surface area contributed by atoms with Crippen LogP contribution in [0.5, 0.6) is 5.75 Å². The molecule has 1 aromatic carbocycles. The second-order valence-corrected chi connectivity index (χ2v) is 7.16. The van der Waals surface area contributed by atoms with Gasteiger partial charge in [0.25, 0.3) is 5.91 Å². The zero-order chi connectivity index (χ0) is 20.2. The molecule has 0 atom stereocenters. The van der Waals surface area contributed by atoms with E-state index in [9.17, 15) is 4.79 Å². The van der Waals surface area contributed by atoms with Crippen LogP contribution in [-0.4, -0.2) is 42.1 Å². The summed E-state index contributed by atoms with van der Waals surface area (Å²) in [6.45, 7) is 7.15. The number of hydrogen-bond donors (Lipinski definition) is 0. The maximum absolute atomic E-state index is 13.0. The zero-order valence-electron chi connectivity index (χ0n) is 16.7. The van der Waals surface area contributed by atoms with Crippen molar-refractivity contribution in [2.24, 2.45) is 0 Å². The maximum atomic E-state index is 13.0. The van der Waals surface area contributed by atoms with Gasteiger partial charge in [0, 0.05) is 49.6 Å². The van der Waals surface area contributed by atoms with E-state index in [1.54, 1.807) is 6.07 Å². The molecule has 2 aromatic heterocycles. The molecule has 1 aliphatic rings. The van der Waals surface area contributed by atoms with Crippen molar-refractivity contribution >= 4 is 11.6 Å². The van der Waals surface area contributed by atoms with E-state index in [2.05, 4.69) is 27.2 Å². The van der Waals surface area contributed by atoms with Gasteiger partial charge < -0.3 is 19.1 Å². The Labute approximate surface area is 169 Å². The van der Waals surface area contributed by atoms with Crippen molar-refractivity contribution in [2.75, 3.05) is 31.1 Å². The average molecular weight is 393 g/mol. The smallest absolute Gasteiger partial charge is 0.254 e. The molecule has 29 heavy (non-hydrogen) atoms. The number of H-pyrrole nitrogens is 1. The molecule has 0 bridgehead atoms. The first-order valence-corrected chi connectivity index (χ1v) is 9.77. The van der Waals surface area contributed by atoms with E-state index in [4.69, 9.17) is 9.26 Å². The maximum Gasteiger partial charge on any atom is 0.254 e. The van der Waals surface area contributed by atoms with Gasteiger partial charge in [0.2, 0.25) is 0 Å². The highest BCUT2D eigenvalue weighted by atomic mass is 16.5. The molecule has 7 nitrogen and oxygen atoms in total. The number of hydrogen-bond acceptors (Lipinski definition) is 5. The second kappa shape index (κ2) is 8.34. The van der Waals surface area contributed by atoms with Crippen LogP contribution in [0.25, 0.3) is 0 Å². The number of nitrogens with one attached hydrogen (secondary N) is 1. The van der Waals surface area contributed by atoms with Crippen LogP contribution in [0, 0.1) is 13.8 Å². The number of aromatic nitrogens is 2. The summed E-state index contributed by atoms with van der Waals surface area (Å²) in [6.07, 6.45) is 3.84. The van der Waals surface area contributed by atoms with Gasteiger partial charge in [-0.15, -0.1) is 0 Å². The molecule has 1 fully saturated rings. The van der Waals surface area contributed by atoms with Gasteiger partial charge >= 0.3 is 0 Å². The van der Waals surface area contributed by atoms with E-state index in [0.29, 0.717) is 31.0 Å². The van der Waals surface area contributed by atoms with E-state index in [1.165, 1.54) is 5.69 Å². The summed E-state index contributed by atoms with van der Waals surface area (Å²) in [6, 6.07) is 11.5. The Morgan fingerprint density at radius 3 is 2.59 bits per heavy atom. The number of aromatic amines is 1. The Hall–Kier alpha value is -3.35. The first-order chi connectivity index (χ1) is 14.1. The lowest BCUT2D eigenvalue weighted by atomic mass is 10.1. The number of benzene rings is 1. The Morgan fingerprint density at radius 2 is 1.90 bits per heavy atom. The van der Waals surface area contributed by atoms with Crippen molar-refractivity contribution in [2.45, 2.75) is 20.5 Å². The fourth-order valence-corrected chi connectivity index (χ4v) is 3.52. The molecule has 1 saturated heterocycles. The molecule has 1 N–H and O–H groups in total. The molecular formula is C22H25N4O3+. The minimum atomic E-state index is 0.0360. The van der Waals surface area contributed by atoms with Crippen molar-refractivity contribution in [1.82, 2.24) is 10.1 Å². The van der Waals surface area contributed by atoms with Crippen molar-refractivity contribution in [3.8, 4) is 5.75 Å². The largest absolute Gasteiger partial charge is 0.489 e. The number of rotatable bonds is 5. The highest BCUT2D eigenvalue weighted by molar-refractivity contribution is 5.94. The van der Waals surface area contributed by atoms with Gasteiger partial charge in [0.05, 0.1) is 11.3 Å². The quantitative estimate of drug-likeness (QED) is 0.666. The van der Waals surface area contributed by atoms with Crippen LogP contribution >= 0.6 is 0 Å². The lowest BCUT2D eigenvalue weighted by Crippen LogP contribution is -2.48. The molecule has 0 unspecified atom stereocenters. The van der Waals surface area contributed by atoms with Crippen LogP contribution in [0.4, 0.5) is 5.69 Å². The summed E-state index contributed by atoms with van der Waals surface area (Å²) in [5.74, 6) is 1.45. The molecule has 3 heterocycles. The second-order valence-electron chi connectivity index (χ2n) is 7.16. The molecule has 0 spiro atoms. The van der Waals surface area contributed by atoms with E-state index >= 15 is 0 Å². The number of amides is 1. The first kappa shape index (κ1) is 19.0. The van der Waals surface area contributed by atoms with Crippen molar-refractivity contribution in [1.29, 1.82) is 0 Å². The molecule has 1 aliphatic heterocycles. The van der Waals surface area contributed by atoms with Gasteiger partial charge in [-0.2, -0.15) is 0 Å². The molecule has 4 rings (SSSR count). The summed E-state index contributed by atoms with van der Waals surface area (Å²) >= 11 is 0. The third kappa shape index (κ3) is 4.23. The number of pyridine rings is 1. The average Bonchev–Trinajstić information content (AvgIpc) is 3.10. The van der Waals surface area contributed by atoms with E-state index in [0.717, 1.165) is 30.1 Å². The third-order valence-corrected chi connectivity index (χ3v) is 5.28. The monoisotopic (exact) mass is 393 g/mol. The number of anilines is 1. The van der Waals surface area contributed by atoms with E-state index in [-0.39, 0.29) is 5.91 Å². The summed E-state index contributed by atoms with van der Waals surface area (Å²) in [5, 5.41) is 3.94. The fraction of sp³-hybridized carbons (Fsp3) is 0.318. The van der Waals surface area contributed by atoms with Crippen molar-refractivity contribution < 1.29 is 19.0 Å². The molecule has 0 radical (unpaired) electrons. The standard InChI is InChI=1S/C22H24N4O3/c1-16-21(17(2)29-24-16)15-28-20-5-3-4-18(14-20)22(27)26-12-10-25(11-13-26)19-6-8-23-9-7-19/h3-9,14H,10-13,15H2,1-2H3/p+1. The molecule has 0 aliphatic carbocycles. The molecule has 1 amide bonds. The Morgan fingerprint density at radius 1 is 1.14 bits per heavy atom. The van der Waals surface area contributed by atoms with Gasteiger partial charge in [-0.25, -0.2) is 4.98 Å². The lowest BCUT2D eigenvalue weighted by Gasteiger charge is -2.35. The van der Waals surface area contributed by atoms with Gasteiger partial charge in [0.1, 0.15) is 18.1 Å². The zero-order valence-corrected chi connectivity index (χ0v) is 16.7. The van der Waals surface area contributed by atoms with E-state index < -0.39 is 0 Å². The van der Waals surface area contributed by atoms with Gasteiger partial charge in [-0.1, -0.05) is 11.2 Å². The van der Waals surface area contributed by atoms with Crippen LogP contribution in [0.1, 0.15) is 27.4 Å². The van der Waals surface area contributed by atoms with Crippen LogP contribution in [0.3, 0.4) is 0 Å². The first-order valence-electron chi connectivity index (χ1n) is 9.77. The topological polar surface area (TPSA) is 73.0 Å². The van der Waals surface area contributed by atoms with Crippen LogP contribution in [0.15, 0.2) is 53.3 Å². The summed E-state index contributed by atoms with van der Waals surface area (Å²) in [5.41, 5.74) is 3.58. The number of piperazine rings is 1. The predicted octanol–water partition coefficient (Wildman–Crippen LogP) is 2.65. The summed E-state index contributed by atoms with van der Waals surface area (Å²) < 4.78 is 11.1. The Balaban J connectivity index is 1.37. The van der Waals surface area contributed by atoms with Gasteiger partial charge in [-0.3, -0.25) is 4.79 Å². The molecule has 3 aromatic rings. The summed E-state index contributed by atoms with van der Waals surface area (Å²) in [4.78, 5) is 20.2. The molecular weight excluding hydrogens is 368 g/mol. The number of carbonyl (C=O) groups excluding carboxylic acids is 1. The third-order valence-electron chi connectivity index (χ3n) is 5.28. The highest BCUT2D eigenvalue weighted by Gasteiger charge is 2.23. The van der Waals surface area contributed by atoms with Crippen molar-refractivity contribution in [3.63, 3.8) is 0 Å².